The molecule has 0 aromatic heterocycles. The van der Waals surface area contributed by atoms with E-state index in [1.165, 1.54) is 0 Å². The number of Topliss-reactive ketones (excluding diaryl/α,β-unsaturated/α-hetero) is 1. The van der Waals surface area contributed by atoms with E-state index in [0.29, 0.717) is 21.9 Å². The summed E-state index contributed by atoms with van der Waals surface area (Å²) in [6, 6.07) is 16.0. The van der Waals surface area contributed by atoms with Crippen molar-refractivity contribution in [2.24, 2.45) is 0 Å². The normalized spacial score (nSPS) is 13.3. The summed E-state index contributed by atoms with van der Waals surface area (Å²) in [6.45, 7) is 0. The maximum atomic E-state index is 12.2. The zero-order valence-corrected chi connectivity index (χ0v) is 11.4. The van der Waals surface area contributed by atoms with E-state index in [1.54, 1.807) is 48.5 Å². The number of ether oxygens (including phenoxy) is 1. The van der Waals surface area contributed by atoms with Gasteiger partial charge < -0.3 is 9.84 Å². The lowest BCUT2D eigenvalue weighted by atomic mass is 9.92. The SMILES string of the molecule is O=C1Oc2c(c(-c3ccccc3)c(O)c3ccccc23)C1=O. The monoisotopic (exact) mass is 290 g/mol. The minimum Gasteiger partial charge on any atom is -0.507 e. The van der Waals surface area contributed by atoms with Gasteiger partial charge in [0, 0.05) is 16.3 Å². The van der Waals surface area contributed by atoms with Gasteiger partial charge in [-0.2, -0.15) is 0 Å². The van der Waals surface area contributed by atoms with E-state index in [1.807, 2.05) is 6.07 Å². The summed E-state index contributed by atoms with van der Waals surface area (Å²) in [4.78, 5) is 23.9. The molecule has 4 nitrogen and oxygen atoms in total. The Bertz CT molecular complexity index is 942. The molecule has 0 saturated heterocycles. The number of hydrogen-bond acceptors (Lipinski definition) is 4. The summed E-state index contributed by atoms with van der Waals surface area (Å²) in [6.07, 6.45) is 0. The Hall–Kier alpha value is -3.14. The van der Waals surface area contributed by atoms with Crippen molar-refractivity contribution in [3.8, 4) is 22.6 Å². The van der Waals surface area contributed by atoms with Crippen molar-refractivity contribution >= 4 is 22.5 Å². The van der Waals surface area contributed by atoms with Gasteiger partial charge in [0.1, 0.15) is 5.75 Å². The largest absolute Gasteiger partial charge is 0.507 e. The van der Waals surface area contributed by atoms with Crippen LogP contribution in [0.4, 0.5) is 0 Å². The maximum Gasteiger partial charge on any atom is 0.385 e. The van der Waals surface area contributed by atoms with E-state index in [2.05, 4.69) is 0 Å². The summed E-state index contributed by atoms with van der Waals surface area (Å²) in [7, 11) is 0. The second-order valence-corrected chi connectivity index (χ2v) is 5.06. The van der Waals surface area contributed by atoms with Crippen molar-refractivity contribution in [3.05, 3.63) is 60.2 Å². The van der Waals surface area contributed by atoms with Crippen LogP contribution in [-0.2, 0) is 4.79 Å². The van der Waals surface area contributed by atoms with Gasteiger partial charge in [-0.05, 0) is 5.56 Å². The van der Waals surface area contributed by atoms with Crippen LogP contribution < -0.4 is 4.74 Å². The molecule has 1 aliphatic heterocycles. The highest BCUT2D eigenvalue weighted by Crippen LogP contribution is 2.47. The van der Waals surface area contributed by atoms with E-state index in [0.717, 1.165) is 0 Å². The molecule has 4 heteroatoms. The van der Waals surface area contributed by atoms with Crippen LogP contribution >= 0.6 is 0 Å². The smallest absolute Gasteiger partial charge is 0.385 e. The summed E-state index contributed by atoms with van der Waals surface area (Å²) >= 11 is 0. The highest BCUT2D eigenvalue weighted by molar-refractivity contribution is 6.47. The lowest BCUT2D eigenvalue weighted by Gasteiger charge is -2.12. The first-order valence-corrected chi connectivity index (χ1v) is 6.78. The molecule has 3 aromatic carbocycles. The van der Waals surface area contributed by atoms with Crippen molar-refractivity contribution < 1.29 is 19.4 Å². The van der Waals surface area contributed by atoms with Crippen molar-refractivity contribution in [2.45, 2.75) is 0 Å². The zero-order valence-electron chi connectivity index (χ0n) is 11.4. The van der Waals surface area contributed by atoms with Crippen LogP contribution in [0.3, 0.4) is 0 Å². The first-order chi connectivity index (χ1) is 10.7. The molecule has 0 fully saturated rings. The van der Waals surface area contributed by atoms with E-state index >= 15 is 0 Å². The van der Waals surface area contributed by atoms with E-state index in [-0.39, 0.29) is 17.1 Å². The highest BCUT2D eigenvalue weighted by atomic mass is 16.5. The molecule has 0 spiro atoms. The van der Waals surface area contributed by atoms with Crippen molar-refractivity contribution in [2.75, 3.05) is 0 Å². The standard InChI is InChI=1S/C18H10O4/c19-15-11-8-4-5-9-12(11)17-14(16(20)18(21)22-17)13(15)10-6-2-1-3-7-10/h1-9,19H. The van der Waals surface area contributed by atoms with Gasteiger partial charge in [-0.3, -0.25) is 4.79 Å². The van der Waals surface area contributed by atoms with Crippen LogP contribution in [0, 0.1) is 0 Å². The summed E-state index contributed by atoms with van der Waals surface area (Å²) < 4.78 is 5.15. The number of carbonyl (C=O) groups excluding carboxylic acids is 2. The summed E-state index contributed by atoms with van der Waals surface area (Å²) in [5.41, 5.74) is 1.13. The second kappa shape index (κ2) is 4.43. The van der Waals surface area contributed by atoms with Gasteiger partial charge in [0.25, 0.3) is 5.78 Å². The Morgan fingerprint density at radius 3 is 2.14 bits per heavy atom. The molecule has 4 rings (SSSR count). The average Bonchev–Trinajstić information content (AvgIpc) is 2.85. The van der Waals surface area contributed by atoms with Gasteiger partial charge in [0.05, 0.1) is 5.56 Å². The number of benzene rings is 3. The van der Waals surface area contributed by atoms with Gasteiger partial charge in [0.15, 0.2) is 5.75 Å². The molecule has 22 heavy (non-hydrogen) atoms. The highest BCUT2D eigenvalue weighted by Gasteiger charge is 2.37. The molecule has 0 unspecified atom stereocenters. The van der Waals surface area contributed by atoms with Crippen LogP contribution in [0.2, 0.25) is 0 Å². The lowest BCUT2D eigenvalue weighted by molar-refractivity contribution is -0.128. The molecule has 0 radical (unpaired) electrons. The molecular formula is C18H10O4. The van der Waals surface area contributed by atoms with Gasteiger partial charge in [-0.15, -0.1) is 0 Å². The minimum absolute atomic E-state index is 0.0211. The fourth-order valence-electron chi connectivity index (χ4n) is 2.84. The van der Waals surface area contributed by atoms with E-state index in [9.17, 15) is 14.7 Å². The Balaban J connectivity index is 2.20. The molecule has 0 atom stereocenters. The Labute approximate surface area is 125 Å². The number of fused-ring (bicyclic) bond motifs is 3. The Kier molecular flexibility index (Phi) is 2.53. The zero-order chi connectivity index (χ0) is 15.3. The molecule has 0 amide bonds. The van der Waals surface area contributed by atoms with Gasteiger partial charge in [-0.25, -0.2) is 4.79 Å². The molecule has 0 aliphatic carbocycles. The van der Waals surface area contributed by atoms with Crippen LogP contribution in [0.5, 0.6) is 11.5 Å². The number of phenols is 1. The van der Waals surface area contributed by atoms with Gasteiger partial charge in [0.2, 0.25) is 0 Å². The maximum absolute atomic E-state index is 12.2. The molecule has 0 saturated carbocycles. The van der Waals surface area contributed by atoms with E-state index in [4.69, 9.17) is 4.74 Å². The molecule has 1 heterocycles. The summed E-state index contributed by atoms with van der Waals surface area (Å²) in [5, 5.41) is 11.7. The molecular weight excluding hydrogens is 280 g/mol. The fourth-order valence-corrected chi connectivity index (χ4v) is 2.84. The first-order valence-electron chi connectivity index (χ1n) is 6.78. The van der Waals surface area contributed by atoms with Gasteiger partial charge in [-0.1, -0.05) is 54.6 Å². The average molecular weight is 290 g/mol. The molecule has 1 N–H and O–H groups in total. The van der Waals surface area contributed by atoms with Crippen molar-refractivity contribution in [3.63, 3.8) is 0 Å². The second-order valence-electron chi connectivity index (χ2n) is 5.06. The van der Waals surface area contributed by atoms with Crippen molar-refractivity contribution in [1.29, 1.82) is 0 Å². The topological polar surface area (TPSA) is 63.6 Å². The van der Waals surface area contributed by atoms with Gasteiger partial charge >= 0.3 is 5.97 Å². The lowest BCUT2D eigenvalue weighted by Crippen LogP contribution is -2.11. The number of carbonyl (C=O) groups is 2. The Morgan fingerprint density at radius 2 is 1.41 bits per heavy atom. The van der Waals surface area contributed by atoms with Crippen LogP contribution in [-0.4, -0.2) is 16.9 Å². The summed E-state index contributed by atoms with van der Waals surface area (Å²) in [5.74, 6) is -1.44. The van der Waals surface area contributed by atoms with Crippen LogP contribution in [0.15, 0.2) is 54.6 Å². The number of esters is 1. The third kappa shape index (κ3) is 1.58. The number of rotatable bonds is 1. The molecule has 3 aromatic rings. The molecule has 0 bridgehead atoms. The first kappa shape index (κ1) is 12.6. The van der Waals surface area contributed by atoms with Crippen LogP contribution in [0.25, 0.3) is 21.9 Å². The van der Waals surface area contributed by atoms with E-state index < -0.39 is 11.8 Å². The number of aromatic hydroxyl groups is 1. The number of ketones is 1. The fraction of sp³-hybridized carbons (Fsp3) is 0. The Morgan fingerprint density at radius 1 is 0.773 bits per heavy atom. The number of hydrogen-bond donors (Lipinski definition) is 1. The third-order valence-electron chi connectivity index (χ3n) is 3.81. The predicted molar refractivity (Wildman–Crippen MR) is 81.0 cm³/mol. The number of phenolic OH excluding ortho intramolecular Hbond substituents is 1. The van der Waals surface area contributed by atoms with Crippen LogP contribution in [0.1, 0.15) is 10.4 Å². The van der Waals surface area contributed by atoms with Crippen molar-refractivity contribution in [1.82, 2.24) is 0 Å². The quantitative estimate of drug-likeness (QED) is 0.424. The molecule has 1 aliphatic rings. The molecule has 106 valence electrons. The predicted octanol–water partition coefficient (Wildman–Crippen LogP) is 3.31. The minimum atomic E-state index is -0.914. The third-order valence-corrected chi connectivity index (χ3v) is 3.81.